The summed E-state index contributed by atoms with van der Waals surface area (Å²) in [6.45, 7) is 0.451. The summed E-state index contributed by atoms with van der Waals surface area (Å²) in [4.78, 5) is 15.6. The summed E-state index contributed by atoms with van der Waals surface area (Å²) < 4.78 is 10.5. The number of ether oxygens (including phenoxy) is 2. The van der Waals surface area contributed by atoms with Gasteiger partial charge in [0.25, 0.3) is 0 Å². The number of rotatable bonds is 6. The molecule has 104 valence electrons. The summed E-state index contributed by atoms with van der Waals surface area (Å²) in [7, 11) is 0. The Hall–Kier alpha value is -2.56. The number of carbonyl (C=O) groups excluding carboxylic acids is 1. The first-order valence-corrected chi connectivity index (χ1v) is 6.28. The Bertz CT molecular complexity index is 541. The van der Waals surface area contributed by atoms with E-state index in [2.05, 4.69) is 4.98 Å². The van der Waals surface area contributed by atoms with Gasteiger partial charge in [-0.1, -0.05) is 6.07 Å². The molecule has 0 aliphatic rings. The quantitative estimate of drug-likeness (QED) is 0.644. The average molecular weight is 272 g/mol. The summed E-state index contributed by atoms with van der Waals surface area (Å²) in [6.07, 6.45) is 1.85. The van der Waals surface area contributed by atoms with Crippen LogP contribution in [0.2, 0.25) is 0 Å². The molecule has 20 heavy (non-hydrogen) atoms. The van der Waals surface area contributed by atoms with Crippen LogP contribution in [0.5, 0.6) is 5.75 Å². The molecule has 0 saturated carbocycles. The molecule has 0 atom stereocenters. The number of carbonyl (C=O) groups is 1. The van der Waals surface area contributed by atoms with Crippen LogP contribution >= 0.6 is 0 Å². The zero-order valence-electron chi connectivity index (χ0n) is 11.0. The highest BCUT2D eigenvalue weighted by Crippen LogP contribution is 2.13. The van der Waals surface area contributed by atoms with Gasteiger partial charge >= 0.3 is 5.97 Å². The molecular weight excluding hydrogens is 256 g/mol. The van der Waals surface area contributed by atoms with E-state index in [0.717, 1.165) is 5.69 Å². The molecule has 1 aromatic heterocycles. The number of nitrogens with zero attached hydrogens (tertiary/aromatic N) is 1. The number of esters is 1. The summed E-state index contributed by atoms with van der Waals surface area (Å²) in [5, 5.41) is 0. The molecule has 0 aliphatic carbocycles. The molecule has 2 N–H and O–H groups in total. The van der Waals surface area contributed by atoms with E-state index >= 15 is 0 Å². The van der Waals surface area contributed by atoms with Gasteiger partial charge in [-0.15, -0.1) is 0 Å². The average Bonchev–Trinajstić information content (AvgIpc) is 2.48. The smallest absolute Gasteiger partial charge is 0.309 e. The second kappa shape index (κ2) is 7.13. The van der Waals surface area contributed by atoms with Crippen LogP contribution in [0, 0.1) is 0 Å². The number of aromatic nitrogens is 1. The third-order valence-corrected chi connectivity index (χ3v) is 2.56. The summed E-state index contributed by atoms with van der Waals surface area (Å²) in [6, 6.07) is 12.5. The number of benzene rings is 1. The van der Waals surface area contributed by atoms with Crippen molar-refractivity contribution in [3.63, 3.8) is 0 Å². The van der Waals surface area contributed by atoms with Gasteiger partial charge in [0.15, 0.2) is 0 Å². The minimum Gasteiger partial charge on any atom is -0.493 e. The lowest BCUT2D eigenvalue weighted by Gasteiger charge is -2.07. The van der Waals surface area contributed by atoms with Crippen LogP contribution < -0.4 is 10.5 Å². The zero-order valence-corrected chi connectivity index (χ0v) is 11.0. The van der Waals surface area contributed by atoms with E-state index < -0.39 is 0 Å². The third-order valence-electron chi connectivity index (χ3n) is 2.56. The van der Waals surface area contributed by atoms with Crippen molar-refractivity contribution in [2.45, 2.75) is 13.0 Å². The van der Waals surface area contributed by atoms with Crippen molar-refractivity contribution in [1.29, 1.82) is 0 Å². The number of anilines is 1. The second-order valence-electron chi connectivity index (χ2n) is 4.15. The van der Waals surface area contributed by atoms with Gasteiger partial charge in [-0.05, 0) is 36.4 Å². The van der Waals surface area contributed by atoms with E-state index in [1.54, 1.807) is 36.5 Å². The highest BCUT2D eigenvalue weighted by Gasteiger charge is 2.04. The van der Waals surface area contributed by atoms with Gasteiger partial charge in [-0.3, -0.25) is 9.78 Å². The van der Waals surface area contributed by atoms with E-state index in [-0.39, 0.29) is 25.6 Å². The molecular formula is C15H16N2O3. The number of pyridine rings is 1. The monoisotopic (exact) mass is 272 g/mol. The minimum absolute atomic E-state index is 0.182. The number of hydrogen-bond donors (Lipinski definition) is 1. The fraction of sp³-hybridized carbons (Fsp3) is 0.200. The third kappa shape index (κ3) is 4.61. The largest absolute Gasteiger partial charge is 0.493 e. The van der Waals surface area contributed by atoms with Crippen molar-refractivity contribution in [2.24, 2.45) is 0 Å². The Morgan fingerprint density at radius 1 is 1.15 bits per heavy atom. The predicted molar refractivity (Wildman–Crippen MR) is 75.0 cm³/mol. The van der Waals surface area contributed by atoms with Crippen LogP contribution in [0.25, 0.3) is 0 Å². The maximum atomic E-state index is 11.5. The SMILES string of the molecule is Nc1ccc(OCCC(=O)OCc2ccccn2)cc1. The maximum Gasteiger partial charge on any atom is 0.309 e. The van der Waals surface area contributed by atoms with E-state index in [4.69, 9.17) is 15.2 Å². The summed E-state index contributed by atoms with van der Waals surface area (Å²) >= 11 is 0. The number of hydrogen-bond acceptors (Lipinski definition) is 5. The van der Waals surface area contributed by atoms with Crippen LogP contribution in [0.1, 0.15) is 12.1 Å². The van der Waals surface area contributed by atoms with E-state index in [1.807, 2.05) is 12.1 Å². The fourth-order valence-corrected chi connectivity index (χ4v) is 1.53. The first kappa shape index (κ1) is 13.9. The Balaban J connectivity index is 1.66. The zero-order chi connectivity index (χ0) is 14.2. The van der Waals surface area contributed by atoms with Gasteiger partial charge in [0.05, 0.1) is 18.7 Å². The molecule has 1 aromatic carbocycles. The number of nitrogens with two attached hydrogens (primary N) is 1. The van der Waals surface area contributed by atoms with Gasteiger partial charge in [0.1, 0.15) is 12.4 Å². The second-order valence-corrected chi connectivity index (χ2v) is 4.15. The predicted octanol–water partition coefficient (Wildman–Crippen LogP) is 2.18. The van der Waals surface area contributed by atoms with Crippen molar-refractivity contribution >= 4 is 11.7 Å². The summed E-state index contributed by atoms with van der Waals surface area (Å²) in [5.41, 5.74) is 6.96. The first-order chi connectivity index (χ1) is 9.74. The standard InChI is InChI=1S/C15H16N2O3/c16-12-4-6-14(7-5-12)19-10-8-15(18)20-11-13-3-1-2-9-17-13/h1-7,9H,8,10-11,16H2. The Morgan fingerprint density at radius 2 is 1.95 bits per heavy atom. The molecule has 0 aliphatic heterocycles. The molecule has 0 fully saturated rings. The summed E-state index contributed by atoms with van der Waals surface area (Å²) in [5.74, 6) is 0.364. The van der Waals surface area contributed by atoms with Crippen molar-refractivity contribution < 1.29 is 14.3 Å². The van der Waals surface area contributed by atoms with Crippen LogP contribution in [0.3, 0.4) is 0 Å². The Labute approximate surface area is 117 Å². The van der Waals surface area contributed by atoms with Crippen molar-refractivity contribution in [2.75, 3.05) is 12.3 Å². The first-order valence-electron chi connectivity index (χ1n) is 6.28. The molecule has 0 unspecified atom stereocenters. The number of nitrogen functional groups attached to an aromatic ring is 1. The lowest BCUT2D eigenvalue weighted by atomic mass is 10.3. The molecule has 2 rings (SSSR count). The van der Waals surface area contributed by atoms with Crippen LogP contribution in [0.15, 0.2) is 48.7 Å². The van der Waals surface area contributed by atoms with Crippen molar-refractivity contribution in [3.8, 4) is 5.75 Å². The van der Waals surface area contributed by atoms with E-state index in [1.165, 1.54) is 0 Å². The molecule has 2 aromatic rings. The highest BCUT2D eigenvalue weighted by molar-refractivity contribution is 5.69. The van der Waals surface area contributed by atoms with E-state index in [0.29, 0.717) is 11.4 Å². The fourth-order valence-electron chi connectivity index (χ4n) is 1.53. The lowest BCUT2D eigenvalue weighted by molar-refractivity contribution is -0.145. The molecule has 0 bridgehead atoms. The van der Waals surface area contributed by atoms with Gasteiger partial charge in [-0.2, -0.15) is 0 Å². The van der Waals surface area contributed by atoms with Gasteiger partial charge in [-0.25, -0.2) is 0 Å². The molecule has 1 heterocycles. The maximum absolute atomic E-state index is 11.5. The van der Waals surface area contributed by atoms with Gasteiger partial charge in [0, 0.05) is 11.9 Å². The molecule has 5 nitrogen and oxygen atoms in total. The lowest BCUT2D eigenvalue weighted by Crippen LogP contribution is -2.10. The molecule has 0 radical (unpaired) electrons. The minimum atomic E-state index is -0.314. The van der Waals surface area contributed by atoms with Crippen LogP contribution in [-0.4, -0.2) is 17.6 Å². The highest BCUT2D eigenvalue weighted by atomic mass is 16.5. The normalized spacial score (nSPS) is 10.0. The van der Waals surface area contributed by atoms with Crippen LogP contribution in [-0.2, 0) is 16.1 Å². The van der Waals surface area contributed by atoms with Crippen LogP contribution in [0.4, 0.5) is 5.69 Å². The van der Waals surface area contributed by atoms with Crippen molar-refractivity contribution in [3.05, 3.63) is 54.4 Å². The van der Waals surface area contributed by atoms with Gasteiger partial charge in [0.2, 0.25) is 0 Å². The Kier molecular flexibility index (Phi) is 4.94. The Morgan fingerprint density at radius 3 is 2.65 bits per heavy atom. The molecule has 0 amide bonds. The molecule has 0 saturated heterocycles. The molecule has 0 spiro atoms. The van der Waals surface area contributed by atoms with Crippen molar-refractivity contribution in [1.82, 2.24) is 4.98 Å². The topological polar surface area (TPSA) is 74.4 Å². The van der Waals surface area contributed by atoms with Gasteiger partial charge < -0.3 is 15.2 Å². The van der Waals surface area contributed by atoms with E-state index in [9.17, 15) is 4.79 Å². The molecule has 5 heteroatoms.